The molecule has 3 N–H and O–H groups in total. The van der Waals surface area contributed by atoms with Gasteiger partial charge in [0.25, 0.3) is 0 Å². The van der Waals surface area contributed by atoms with Gasteiger partial charge in [0.05, 0.1) is 6.54 Å². The van der Waals surface area contributed by atoms with E-state index in [2.05, 4.69) is 15.5 Å². The normalized spacial score (nSPS) is 29.1. The van der Waals surface area contributed by atoms with Crippen molar-refractivity contribution in [2.75, 3.05) is 45.9 Å². The first-order valence-electron chi connectivity index (χ1n) is 7.60. The Morgan fingerprint density at radius 3 is 2.58 bits per heavy atom. The number of amides is 1. The van der Waals surface area contributed by atoms with Crippen molar-refractivity contribution in [3.05, 3.63) is 0 Å². The number of carbonyl (C=O) groups excluding carboxylic acids is 1. The van der Waals surface area contributed by atoms with E-state index in [-0.39, 0.29) is 12.5 Å². The Labute approximate surface area is 115 Å². The van der Waals surface area contributed by atoms with E-state index < -0.39 is 0 Å². The van der Waals surface area contributed by atoms with E-state index in [9.17, 15) is 9.90 Å². The Kier molecular flexibility index (Phi) is 6.07. The molecule has 1 aliphatic heterocycles. The lowest BCUT2D eigenvalue weighted by molar-refractivity contribution is -0.122. The Morgan fingerprint density at radius 1 is 1.21 bits per heavy atom. The number of hydrogen-bond donors (Lipinski definition) is 3. The van der Waals surface area contributed by atoms with Gasteiger partial charge in [-0.3, -0.25) is 9.69 Å². The molecule has 0 aromatic carbocycles. The van der Waals surface area contributed by atoms with Crippen LogP contribution in [0.15, 0.2) is 0 Å². The van der Waals surface area contributed by atoms with Crippen LogP contribution in [0.25, 0.3) is 0 Å². The first-order chi connectivity index (χ1) is 9.29. The molecular weight excluding hydrogens is 242 g/mol. The molecule has 5 heteroatoms. The molecule has 1 heterocycles. The second-order valence-electron chi connectivity index (χ2n) is 5.82. The largest absolute Gasteiger partial charge is 0.396 e. The zero-order valence-corrected chi connectivity index (χ0v) is 11.7. The molecule has 2 aliphatic rings. The summed E-state index contributed by atoms with van der Waals surface area (Å²) in [5.41, 5.74) is 0. The summed E-state index contributed by atoms with van der Waals surface area (Å²) in [5, 5.41) is 15.7. The van der Waals surface area contributed by atoms with Gasteiger partial charge in [0.2, 0.25) is 5.91 Å². The van der Waals surface area contributed by atoms with E-state index in [0.717, 1.165) is 45.6 Å². The van der Waals surface area contributed by atoms with Crippen molar-refractivity contribution in [1.29, 1.82) is 0 Å². The predicted molar refractivity (Wildman–Crippen MR) is 74.9 cm³/mol. The van der Waals surface area contributed by atoms with E-state index in [1.807, 2.05) is 0 Å². The minimum absolute atomic E-state index is 0.129. The average molecular weight is 269 g/mol. The molecule has 110 valence electrons. The van der Waals surface area contributed by atoms with Crippen molar-refractivity contribution in [3.63, 3.8) is 0 Å². The van der Waals surface area contributed by atoms with Gasteiger partial charge in [-0.15, -0.1) is 0 Å². The van der Waals surface area contributed by atoms with Crippen LogP contribution in [0.4, 0.5) is 0 Å². The quantitative estimate of drug-likeness (QED) is 0.647. The molecule has 2 rings (SSSR count). The van der Waals surface area contributed by atoms with E-state index in [0.29, 0.717) is 18.4 Å². The number of piperazine rings is 1. The number of hydrogen-bond acceptors (Lipinski definition) is 4. The third-order valence-corrected chi connectivity index (χ3v) is 4.44. The summed E-state index contributed by atoms with van der Waals surface area (Å²) in [5.74, 6) is 0.975. The van der Waals surface area contributed by atoms with Crippen LogP contribution in [0.5, 0.6) is 0 Å². The Balaban J connectivity index is 1.67. The van der Waals surface area contributed by atoms with Gasteiger partial charge in [-0.2, -0.15) is 0 Å². The van der Waals surface area contributed by atoms with E-state index in [1.54, 1.807) is 0 Å². The summed E-state index contributed by atoms with van der Waals surface area (Å²) >= 11 is 0. The summed E-state index contributed by atoms with van der Waals surface area (Å²) in [7, 11) is 0. The molecule has 5 nitrogen and oxygen atoms in total. The Bertz CT molecular complexity index is 280. The van der Waals surface area contributed by atoms with Gasteiger partial charge in [0.15, 0.2) is 0 Å². The Hall–Kier alpha value is -0.650. The summed E-state index contributed by atoms with van der Waals surface area (Å²) in [4.78, 5) is 14.1. The molecular formula is C14H27N3O2. The van der Waals surface area contributed by atoms with Gasteiger partial charge in [-0.1, -0.05) is 12.8 Å². The number of nitrogens with zero attached hydrogens (tertiary/aromatic N) is 1. The number of aliphatic hydroxyl groups is 1. The van der Waals surface area contributed by atoms with Crippen LogP contribution in [-0.4, -0.2) is 61.8 Å². The molecule has 1 amide bonds. The number of carbonyl (C=O) groups is 1. The minimum atomic E-state index is 0.129. The van der Waals surface area contributed by atoms with Gasteiger partial charge >= 0.3 is 0 Å². The van der Waals surface area contributed by atoms with Crippen LogP contribution in [0.3, 0.4) is 0 Å². The Morgan fingerprint density at radius 2 is 1.89 bits per heavy atom. The van der Waals surface area contributed by atoms with E-state index >= 15 is 0 Å². The van der Waals surface area contributed by atoms with Crippen molar-refractivity contribution in [1.82, 2.24) is 15.5 Å². The molecule has 2 unspecified atom stereocenters. The lowest BCUT2D eigenvalue weighted by Crippen LogP contribution is -2.48. The third kappa shape index (κ3) is 4.75. The minimum Gasteiger partial charge on any atom is -0.396 e. The van der Waals surface area contributed by atoms with Crippen LogP contribution in [0, 0.1) is 11.8 Å². The summed E-state index contributed by atoms with van der Waals surface area (Å²) < 4.78 is 0. The van der Waals surface area contributed by atoms with Crippen LogP contribution >= 0.6 is 0 Å². The van der Waals surface area contributed by atoms with Crippen LogP contribution in [0.1, 0.15) is 25.7 Å². The highest BCUT2D eigenvalue weighted by Gasteiger charge is 2.25. The molecule has 0 spiro atoms. The average Bonchev–Trinajstić information content (AvgIpc) is 2.46. The molecule has 2 fully saturated rings. The first kappa shape index (κ1) is 14.8. The van der Waals surface area contributed by atoms with Crippen LogP contribution in [-0.2, 0) is 4.79 Å². The van der Waals surface area contributed by atoms with E-state index in [1.165, 1.54) is 12.8 Å². The molecule has 2 atom stereocenters. The topological polar surface area (TPSA) is 64.6 Å². The summed E-state index contributed by atoms with van der Waals surface area (Å²) in [6, 6.07) is 0. The molecule has 0 radical (unpaired) electrons. The van der Waals surface area contributed by atoms with E-state index in [4.69, 9.17) is 0 Å². The van der Waals surface area contributed by atoms with Crippen LogP contribution in [0.2, 0.25) is 0 Å². The fourth-order valence-electron chi connectivity index (χ4n) is 3.17. The van der Waals surface area contributed by atoms with Crippen molar-refractivity contribution in [2.24, 2.45) is 11.8 Å². The van der Waals surface area contributed by atoms with Crippen molar-refractivity contribution >= 4 is 5.91 Å². The zero-order valence-electron chi connectivity index (χ0n) is 11.7. The van der Waals surface area contributed by atoms with Gasteiger partial charge in [0.1, 0.15) is 0 Å². The lowest BCUT2D eigenvalue weighted by atomic mass is 9.79. The number of rotatable bonds is 5. The predicted octanol–water partition coefficient (Wildman–Crippen LogP) is -0.193. The highest BCUT2D eigenvalue weighted by Crippen LogP contribution is 2.28. The number of aliphatic hydroxyl groups excluding tert-OH is 1. The van der Waals surface area contributed by atoms with Crippen LogP contribution < -0.4 is 10.6 Å². The molecule has 0 bridgehead atoms. The molecule has 0 aromatic rings. The summed E-state index contributed by atoms with van der Waals surface area (Å²) in [6.45, 7) is 5.36. The number of nitrogens with one attached hydrogen (secondary N) is 2. The maximum Gasteiger partial charge on any atom is 0.234 e. The summed E-state index contributed by atoms with van der Waals surface area (Å²) in [6.07, 6.45) is 4.69. The second-order valence-corrected chi connectivity index (χ2v) is 5.82. The van der Waals surface area contributed by atoms with Gasteiger partial charge < -0.3 is 15.7 Å². The van der Waals surface area contributed by atoms with Gasteiger partial charge in [-0.05, 0) is 24.7 Å². The van der Waals surface area contributed by atoms with Crippen molar-refractivity contribution < 1.29 is 9.90 Å². The van der Waals surface area contributed by atoms with Gasteiger partial charge in [0, 0.05) is 39.3 Å². The lowest BCUT2D eigenvalue weighted by Gasteiger charge is -2.31. The van der Waals surface area contributed by atoms with Crippen molar-refractivity contribution in [2.45, 2.75) is 25.7 Å². The first-order valence-corrected chi connectivity index (χ1v) is 7.60. The molecule has 1 aliphatic carbocycles. The highest BCUT2D eigenvalue weighted by molar-refractivity contribution is 5.78. The smallest absolute Gasteiger partial charge is 0.234 e. The third-order valence-electron chi connectivity index (χ3n) is 4.44. The second kappa shape index (κ2) is 7.82. The fraction of sp³-hybridized carbons (Fsp3) is 0.929. The monoisotopic (exact) mass is 269 g/mol. The molecule has 1 saturated carbocycles. The molecule has 1 saturated heterocycles. The fourth-order valence-corrected chi connectivity index (χ4v) is 3.17. The molecule has 0 aromatic heterocycles. The maximum absolute atomic E-state index is 11.9. The SMILES string of the molecule is O=C(CN1CCNCC1)NCC1CCCCC1CO. The van der Waals surface area contributed by atoms with Crippen molar-refractivity contribution in [3.8, 4) is 0 Å². The van der Waals surface area contributed by atoms with Gasteiger partial charge in [-0.25, -0.2) is 0 Å². The highest BCUT2D eigenvalue weighted by atomic mass is 16.3. The maximum atomic E-state index is 11.9. The molecule has 19 heavy (non-hydrogen) atoms. The zero-order chi connectivity index (χ0) is 13.5. The standard InChI is InChI=1S/C14H27N3O2/c18-11-13-4-2-1-3-12(13)9-16-14(19)10-17-7-5-15-6-8-17/h12-13,15,18H,1-11H2,(H,16,19).